The molecule has 0 aliphatic rings. The first-order chi connectivity index (χ1) is 12.2. The van der Waals surface area contributed by atoms with Gasteiger partial charge in [-0.25, -0.2) is 15.4 Å². The number of aromatic nitrogens is 2. The molecule has 0 spiro atoms. The van der Waals surface area contributed by atoms with Crippen LogP contribution in [0.2, 0.25) is 0 Å². The fourth-order valence-electron chi connectivity index (χ4n) is 2.71. The molecular weight excluding hydrogens is 318 g/mol. The van der Waals surface area contributed by atoms with Crippen molar-refractivity contribution in [1.29, 1.82) is 0 Å². The first kappa shape index (κ1) is 16.9. The molecule has 0 fully saturated rings. The molecule has 0 bridgehead atoms. The first-order valence-corrected chi connectivity index (χ1v) is 8.04. The minimum Gasteiger partial charge on any atom is -0.480 e. The van der Waals surface area contributed by atoms with Crippen molar-refractivity contribution < 1.29 is 14.7 Å². The molecule has 128 valence electrons. The van der Waals surface area contributed by atoms with Crippen LogP contribution in [0, 0.1) is 0 Å². The molecule has 0 saturated carbocycles. The second-order valence-corrected chi connectivity index (χ2v) is 5.66. The van der Waals surface area contributed by atoms with Crippen molar-refractivity contribution in [3.63, 3.8) is 0 Å². The number of aryl methyl sites for hydroxylation is 2. The van der Waals surface area contributed by atoms with Gasteiger partial charge in [-0.3, -0.25) is 10.0 Å². The molecule has 1 heterocycles. The SMILES string of the molecule is COc1nc2ccc(C(=O)NO)cc2nc1CCCc1ccccc1. The summed E-state index contributed by atoms with van der Waals surface area (Å²) in [7, 11) is 1.57. The second-order valence-electron chi connectivity index (χ2n) is 5.66. The van der Waals surface area contributed by atoms with Gasteiger partial charge < -0.3 is 4.74 Å². The molecule has 0 aliphatic carbocycles. The number of ether oxygens (including phenoxy) is 1. The zero-order valence-corrected chi connectivity index (χ0v) is 13.9. The van der Waals surface area contributed by atoms with Crippen LogP contribution in [-0.2, 0) is 12.8 Å². The number of fused-ring (bicyclic) bond motifs is 1. The molecule has 3 rings (SSSR count). The van der Waals surface area contributed by atoms with Crippen LogP contribution < -0.4 is 10.2 Å². The van der Waals surface area contributed by atoms with E-state index in [1.165, 1.54) is 5.56 Å². The van der Waals surface area contributed by atoms with E-state index < -0.39 is 5.91 Å². The van der Waals surface area contributed by atoms with Crippen molar-refractivity contribution in [2.45, 2.75) is 19.3 Å². The van der Waals surface area contributed by atoms with E-state index in [-0.39, 0.29) is 0 Å². The van der Waals surface area contributed by atoms with E-state index in [9.17, 15) is 4.79 Å². The molecule has 0 saturated heterocycles. The first-order valence-electron chi connectivity index (χ1n) is 8.04. The van der Waals surface area contributed by atoms with Crippen molar-refractivity contribution in [2.24, 2.45) is 0 Å². The summed E-state index contributed by atoms with van der Waals surface area (Å²) in [6, 6.07) is 15.1. The molecule has 0 atom stereocenters. The summed E-state index contributed by atoms with van der Waals surface area (Å²) < 4.78 is 5.36. The predicted molar refractivity (Wildman–Crippen MR) is 93.8 cm³/mol. The minimum absolute atomic E-state index is 0.324. The normalized spacial score (nSPS) is 10.6. The maximum Gasteiger partial charge on any atom is 0.274 e. The molecular formula is C19H19N3O3. The van der Waals surface area contributed by atoms with Crippen LogP contribution in [0.1, 0.15) is 28.0 Å². The van der Waals surface area contributed by atoms with Crippen LogP contribution in [0.4, 0.5) is 0 Å². The van der Waals surface area contributed by atoms with Gasteiger partial charge in [-0.1, -0.05) is 30.3 Å². The van der Waals surface area contributed by atoms with Crippen molar-refractivity contribution >= 4 is 16.9 Å². The van der Waals surface area contributed by atoms with Gasteiger partial charge in [-0.2, -0.15) is 0 Å². The Balaban J connectivity index is 1.83. The number of carbonyl (C=O) groups excluding carboxylic acids is 1. The average molecular weight is 337 g/mol. The largest absolute Gasteiger partial charge is 0.480 e. The van der Waals surface area contributed by atoms with E-state index >= 15 is 0 Å². The van der Waals surface area contributed by atoms with E-state index in [1.54, 1.807) is 30.8 Å². The van der Waals surface area contributed by atoms with Crippen LogP contribution in [0.25, 0.3) is 11.0 Å². The monoisotopic (exact) mass is 337 g/mol. The third-order valence-electron chi connectivity index (χ3n) is 3.98. The molecule has 6 heteroatoms. The van der Waals surface area contributed by atoms with Crippen LogP contribution in [0.3, 0.4) is 0 Å². The topological polar surface area (TPSA) is 84.3 Å². The number of benzene rings is 2. The average Bonchev–Trinajstić information content (AvgIpc) is 2.67. The summed E-state index contributed by atoms with van der Waals surface area (Å²) >= 11 is 0. The standard InChI is InChI=1S/C19H19N3O3/c1-25-19-16(9-5-8-13-6-3-2-4-7-13)20-17-12-14(18(23)22-24)10-11-15(17)21-19/h2-4,6-7,10-12,24H,5,8-9H2,1H3,(H,22,23). The Bertz CT molecular complexity index is 882. The molecule has 0 unspecified atom stereocenters. The highest BCUT2D eigenvalue weighted by molar-refractivity contribution is 5.96. The number of amides is 1. The fourth-order valence-corrected chi connectivity index (χ4v) is 2.71. The Hall–Kier alpha value is -2.99. The number of carbonyl (C=O) groups is 1. The predicted octanol–water partition coefficient (Wildman–Crippen LogP) is 2.93. The maximum absolute atomic E-state index is 11.6. The van der Waals surface area contributed by atoms with E-state index in [0.717, 1.165) is 25.0 Å². The Labute approximate surface area is 145 Å². The summed E-state index contributed by atoms with van der Waals surface area (Å²) in [6.07, 6.45) is 2.57. The van der Waals surface area contributed by atoms with Crippen molar-refractivity contribution in [3.8, 4) is 5.88 Å². The number of nitrogens with zero attached hydrogens (tertiary/aromatic N) is 2. The summed E-state index contributed by atoms with van der Waals surface area (Å²) in [4.78, 5) is 20.6. The van der Waals surface area contributed by atoms with Gasteiger partial charge in [-0.15, -0.1) is 0 Å². The van der Waals surface area contributed by atoms with Crippen LogP contribution in [0.15, 0.2) is 48.5 Å². The lowest BCUT2D eigenvalue weighted by Gasteiger charge is -2.09. The highest BCUT2D eigenvalue weighted by atomic mass is 16.5. The highest BCUT2D eigenvalue weighted by Crippen LogP contribution is 2.21. The summed E-state index contributed by atoms with van der Waals surface area (Å²) in [5.74, 6) is -0.0786. The zero-order chi connectivity index (χ0) is 17.6. The van der Waals surface area contributed by atoms with Crippen molar-refractivity contribution in [1.82, 2.24) is 15.4 Å². The third-order valence-corrected chi connectivity index (χ3v) is 3.98. The number of hydrogen-bond acceptors (Lipinski definition) is 5. The highest BCUT2D eigenvalue weighted by Gasteiger charge is 2.12. The van der Waals surface area contributed by atoms with Gasteiger partial charge in [0.2, 0.25) is 5.88 Å². The van der Waals surface area contributed by atoms with Crippen LogP contribution >= 0.6 is 0 Å². The van der Waals surface area contributed by atoms with Gasteiger partial charge in [0.05, 0.1) is 18.1 Å². The minimum atomic E-state index is -0.579. The summed E-state index contributed by atoms with van der Waals surface area (Å²) in [5.41, 5.74) is 5.21. The lowest BCUT2D eigenvalue weighted by Crippen LogP contribution is -2.18. The molecule has 2 aromatic carbocycles. The Morgan fingerprint density at radius 1 is 1.08 bits per heavy atom. The molecule has 1 amide bonds. The van der Waals surface area contributed by atoms with E-state index in [4.69, 9.17) is 9.94 Å². The zero-order valence-electron chi connectivity index (χ0n) is 13.9. The van der Waals surface area contributed by atoms with Gasteiger partial charge in [-0.05, 0) is 43.0 Å². The van der Waals surface area contributed by atoms with Gasteiger partial charge >= 0.3 is 0 Å². The van der Waals surface area contributed by atoms with Gasteiger partial charge in [0.15, 0.2) is 0 Å². The number of hydrogen-bond donors (Lipinski definition) is 2. The summed E-state index contributed by atoms with van der Waals surface area (Å²) in [6.45, 7) is 0. The molecule has 0 aliphatic heterocycles. The van der Waals surface area contributed by atoms with Crippen LogP contribution in [-0.4, -0.2) is 28.2 Å². The van der Waals surface area contributed by atoms with Gasteiger partial charge in [0.25, 0.3) is 5.91 Å². The Morgan fingerprint density at radius 3 is 2.60 bits per heavy atom. The van der Waals surface area contributed by atoms with Crippen molar-refractivity contribution in [3.05, 3.63) is 65.4 Å². The number of rotatable bonds is 6. The van der Waals surface area contributed by atoms with E-state index in [0.29, 0.717) is 22.5 Å². The summed E-state index contributed by atoms with van der Waals surface area (Å²) in [5, 5.41) is 8.77. The van der Waals surface area contributed by atoms with E-state index in [1.807, 2.05) is 18.2 Å². The second kappa shape index (κ2) is 7.72. The fraction of sp³-hybridized carbons (Fsp3) is 0.211. The lowest BCUT2D eigenvalue weighted by molar-refractivity contribution is 0.0706. The molecule has 6 nitrogen and oxygen atoms in total. The third kappa shape index (κ3) is 3.92. The van der Waals surface area contributed by atoms with Crippen LogP contribution in [0.5, 0.6) is 5.88 Å². The number of methoxy groups -OCH3 is 1. The van der Waals surface area contributed by atoms with Crippen molar-refractivity contribution in [2.75, 3.05) is 7.11 Å². The molecule has 1 aromatic heterocycles. The Morgan fingerprint density at radius 2 is 1.88 bits per heavy atom. The van der Waals surface area contributed by atoms with Gasteiger partial charge in [0.1, 0.15) is 5.69 Å². The molecule has 3 aromatic rings. The Kier molecular flexibility index (Phi) is 5.20. The maximum atomic E-state index is 11.6. The molecule has 25 heavy (non-hydrogen) atoms. The smallest absolute Gasteiger partial charge is 0.274 e. The molecule has 0 radical (unpaired) electrons. The quantitative estimate of drug-likeness (QED) is 0.534. The van der Waals surface area contributed by atoms with E-state index in [2.05, 4.69) is 22.1 Å². The lowest BCUT2D eigenvalue weighted by atomic mass is 10.1. The number of nitrogens with one attached hydrogen (secondary N) is 1. The molecule has 2 N–H and O–H groups in total. The van der Waals surface area contributed by atoms with Gasteiger partial charge in [0, 0.05) is 5.56 Å². The number of hydroxylamine groups is 1.